The van der Waals surface area contributed by atoms with Crippen molar-refractivity contribution in [2.45, 2.75) is 81.6 Å². The highest BCUT2D eigenvalue weighted by molar-refractivity contribution is 5.98. The number of methoxy groups -OCH3 is 1. The van der Waals surface area contributed by atoms with Gasteiger partial charge < -0.3 is 19.5 Å². The minimum Gasteiger partial charge on any atom is -0.496 e. The van der Waals surface area contributed by atoms with E-state index in [-0.39, 0.29) is 23.5 Å². The molecule has 1 N–H and O–H groups in total. The summed E-state index contributed by atoms with van der Waals surface area (Å²) in [4.78, 5) is 16.5. The number of nitrogens with zero attached hydrogens (tertiary/aromatic N) is 1. The summed E-state index contributed by atoms with van der Waals surface area (Å²) in [5.41, 5.74) is 8.14. The molecular formula is C38H42N2O4. The van der Waals surface area contributed by atoms with Crippen LogP contribution in [0.25, 0.3) is 11.1 Å². The summed E-state index contributed by atoms with van der Waals surface area (Å²) in [5, 5.41) is 3.22. The monoisotopic (exact) mass is 590 g/mol. The molecule has 9 rings (SSSR count). The fourth-order valence-electron chi connectivity index (χ4n) is 9.42. The highest BCUT2D eigenvalue weighted by Gasteiger charge is 2.69. The summed E-state index contributed by atoms with van der Waals surface area (Å²) in [6.45, 7) is 5.05. The van der Waals surface area contributed by atoms with Crippen LogP contribution in [0.3, 0.4) is 0 Å². The maximum absolute atomic E-state index is 13.7. The molecule has 2 saturated heterocycles. The molecule has 4 fully saturated rings. The Balaban J connectivity index is 0.933. The zero-order valence-corrected chi connectivity index (χ0v) is 25.8. The summed E-state index contributed by atoms with van der Waals surface area (Å²) < 4.78 is 18.6. The third kappa shape index (κ3) is 4.17. The lowest BCUT2D eigenvalue weighted by Gasteiger charge is -2.56. The van der Waals surface area contributed by atoms with Crippen LogP contribution >= 0.6 is 0 Å². The van der Waals surface area contributed by atoms with Gasteiger partial charge in [-0.1, -0.05) is 36.4 Å². The maximum atomic E-state index is 13.7. The second-order valence-electron chi connectivity index (χ2n) is 14.2. The molecule has 1 amide bonds. The number of fused-ring (bicyclic) bond motifs is 2. The Labute approximate surface area is 260 Å². The van der Waals surface area contributed by atoms with E-state index in [4.69, 9.17) is 14.2 Å². The molecule has 6 heteroatoms. The molecule has 1 spiro atoms. The van der Waals surface area contributed by atoms with Crippen molar-refractivity contribution in [2.24, 2.45) is 11.8 Å². The Morgan fingerprint density at radius 1 is 1.05 bits per heavy atom. The molecule has 0 radical (unpaired) electrons. The Bertz CT molecular complexity index is 1630. The summed E-state index contributed by atoms with van der Waals surface area (Å²) in [6, 6.07) is 19.8. The Morgan fingerprint density at radius 3 is 2.68 bits per heavy atom. The number of hydrogen-bond acceptors (Lipinski definition) is 5. The van der Waals surface area contributed by atoms with Gasteiger partial charge >= 0.3 is 0 Å². The molecule has 2 bridgehead atoms. The number of carbonyl (C=O) groups excluding carboxylic acids is 1. The molecule has 0 aromatic heterocycles. The van der Waals surface area contributed by atoms with Crippen LogP contribution in [-0.2, 0) is 23.0 Å². The maximum Gasteiger partial charge on any atom is 0.255 e. The predicted octanol–water partition coefficient (Wildman–Crippen LogP) is 5.86. The number of amides is 1. The van der Waals surface area contributed by atoms with Crippen LogP contribution in [0, 0.1) is 18.8 Å². The van der Waals surface area contributed by atoms with Crippen molar-refractivity contribution < 1.29 is 19.0 Å². The van der Waals surface area contributed by atoms with Gasteiger partial charge in [0.1, 0.15) is 23.7 Å². The van der Waals surface area contributed by atoms with Crippen molar-refractivity contribution in [3.05, 3.63) is 82.4 Å². The molecule has 6 unspecified atom stereocenters. The molecule has 3 aromatic rings. The van der Waals surface area contributed by atoms with Gasteiger partial charge in [-0.3, -0.25) is 9.69 Å². The van der Waals surface area contributed by atoms with Crippen LogP contribution < -0.4 is 14.8 Å². The van der Waals surface area contributed by atoms with E-state index in [0.29, 0.717) is 30.2 Å². The first-order valence-electron chi connectivity index (χ1n) is 16.8. The Hall–Kier alpha value is -3.35. The molecule has 3 aromatic carbocycles. The highest BCUT2D eigenvalue weighted by atomic mass is 16.6. The van der Waals surface area contributed by atoms with Gasteiger partial charge in [0.05, 0.1) is 18.8 Å². The molecular weight excluding hydrogens is 548 g/mol. The van der Waals surface area contributed by atoms with Gasteiger partial charge in [0, 0.05) is 30.1 Å². The van der Waals surface area contributed by atoms with Gasteiger partial charge in [-0.15, -0.1) is 0 Å². The number of hydrogen-bond donors (Lipinski definition) is 1. The van der Waals surface area contributed by atoms with Crippen LogP contribution in [0.2, 0.25) is 0 Å². The van der Waals surface area contributed by atoms with E-state index in [1.807, 2.05) is 12.1 Å². The van der Waals surface area contributed by atoms with Crippen LogP contribution in [0.15, 0.2) is 54.6 Å². The standard InChI is InChI=1S/C38H42N2O4/c1-22-19-26(10-13-31(22)42-2)25-7-5-23(6-8-25)15-17-39-37(41)28-11-9-27-20-30-29-12-14-32-35(43-32)36-38(29,33(27)34(28)44-36)16-18-40(30)21-24-3-4-24/h5-11,13,19,24,29-30,32,35-36H,3-4,12,14-18,20-21H2,1-2H3,(H,39,41). The number of ether oxygens (including phenoxy) is 3. The van der Waals surface area contributed by atoms with Crippen LogP contribution in [-0.4, -0.2) is 61.9 Å². The predicted molar refractivity (Wildman–Crippen MR) is 170 cm³/mol. The van der Waals surface area contributed by atoms with E-state index >= 15 is 0 Å². The van der Waals surface area contributed by atoms with Crippen molar-refractivity contribution in [3.63, 3.8) is 0 Å². The molecule has 6 nitrogen and oxygen atoms in total. The van der Waals surface area contributed by atoms with Crippen molar-refractivity contribution in [1.82, 2.24) is 10.2 Å². The van der Waals surface area contributed by atoms with Crippen molar-refractivity contribution in [1.29, 1.82) is 0 Å². The fraction of sp³-hybridized carbons (Fsp3) is 0.500. The molecule has 228 valence electrons. The first kappa shape index (κ1) is 27.0. The smallest absolute Gasteiger partial charge is 0.255 e. The Morgan fingerprint density at radius 2 is 1.89 bits per heavy atom. The first-order chi connectivity index (χ1) is 21.5. The number of carbonyl (C=O) groups is 1. The van der Waals surface area contributed by atoms with Crippen molar-refractivity contribution >= 4 is 5.91 Å². The second kappa shape index (κ2) is 10.1. The summed E-state index contributed by atoms with van der Waals surface area (Å²) in [6.07, 6.45) is 8.68. The number of likely N-dealkylation sites (tertiary alicyclic amines) is 1. The first-order valence-corrected chi connectivity index (χ1v) is 16.8. The zero-order valence-electron chi connectivity index (χ0n) is 25.8. The van der Waals surface area contributed by atoms with Crippen molar-refractivity contribution in [3.8, 4) is 22.6 Å². The minimum absolute atomic E-state index is 0.00991. The third-order valence-electron chi connectivity index (χ3n) is 11.8. The fourth-order valence-corrected chi connectivity index (χ4v) is 9.42. The number of piperidine rings is 1. The molecule has 3 aliphatic carbocycles. The number of benzene rings is 3. The van der Waals surface area contributed by atoms with Gasteiger partial charge in [0.25, 0.3) is 5.91 Å². The third-order valence-corrected chi connectivity index (χ3v) is 11.8. The highest BCUT2D eigenvalue weighted by Crippen LogP contribution is 2.64. The normalized spacial score (nSPS) is 30.9. The van der Waals surface area contributed by atoms with Gasteiger partial charge in [-0.2, -0.15) is 0 Å². The van der Waals surface area contributed by atoms with Gasteiger partial charge in [0.2, 0.25) is 0 Å². The Kier molecular flexibility index (Phi) is 6.19. The van der Waals surface area contributed by atoms with Crippen LogP contribution in [0.1, 0.15) is 64.7 Å². The van der Waals surface area contributed by atoms with E-state index in [1.165, 1.54) is 53.6 Å². The van der Waals surface area contributed by atoms with Gasteiger partial charge in [-0.05, 0) is 116 Å². The van der Waals surface area contributed by atoms with Crippen LogP contribution in [0.4, 0.5) is 0 Å². The number of epoxide rings is 1. The summed E-state index contributed by atoms with van der Waals surface area (Å²) >= 11 is 0. The largest absolute Gasteiger partial charge is 0.496 e. The molecule has 44 heavy (non-hydrogen) atoms. The van der Waals surface area contributed by atoms with E-state index in [2.05, 4.69) is 59.6 Å². The van der Waals surface area contributed by atoms with Crippen LogP contribution in [0.5, 0.6) is 11.5 Å². The van der Waals surface area contributed by atoms with E-state index < -0.39 is 0 Å². The molecule has 2 saturated carbocycles. The summed E-state index contributed by atoms with van der Waals surface area (Å²) in [5.74, 6) is 3.23. The SMILES string of the molecule is COc1ccc(-c2ccc(CCNC(=O)c3ccc4c5c3OC3C6OC6CCC6C(C4)N(CC4CC4)CCC563)cc2)cc1C. The molecule has 6 aliphatic rings. The van der Waals surface area contributed by atoms with E-state index in [0.717, 1.165) is 55.2 Å². The lowest BCUT2D eigenvalue weighted by atomic mass is 9.55. The molecule has 3 heterocycles. The molecule has 3 aliphatic heterocycles. The number of aryl methyl sites for hydroxylation is 1. The minimum atomic E-state index is -0.0286. The lowest BCUT2D eigenvalue weighted by molar-refractivity contribution is -0.0373. The number of rotatable bonds is 8. The average molecular weight is 591 g/mol. The van der Waals surface area contributed by atoms with Gasteiger partial charge in [-0.25, -0.2) is 0 Å². The zero-order chi connectivity index (χ0) is 29.6. The number of nitrogens with one attached hydrogen (secondary N) is 1. The van der Waals surface area contributed by atoms with E-state index in [9.17, 15) is 4.79 Å². The van der Waals surface area contributed by atoms with Gasteiger partial charge in [0.15, 0.2) is 0 Å². The quantitative estimate of drug-likeness (QED) is 0.333. The average Bonchev–Trinajstić information content (AvgIpc) is 3.96. The topological polar surface area (TPSA) is 63.3 Å². The van der Waals surface area contributed by atoms with E-state index in [1.54, 1.807) is 7.11 Å². The van der Waals surface area contributed by atoms with Crippen molar-refractivity contribution in [2.75, 3.05) is 26.7 Å². The molecule has 6 atom stereocenters. The second-order valence-corrected chi connectivity index (χ2v) is 14.2. The summed E-state index contributed by atoms with van der Waals surface area (Å²) in [7, 11) is 1.70. The lowest BCUT2D eigenvalue weighted by Crippen LogP contribution is -2.63.